The molecule has 0 radical (unpaired) electrons. The van der Waals surface area contributed by atoms with Crippen LogP contribution in [0.3, 0.4) is 0 Å². The Bertz CT molecular complexity index is 1140. The average Bonchev–Trinajstić information content (AvgIpc) is 3.14. The summed E-state index contributed by atoms with van der Waals surface area (Å²) in [4.78, 5) is 47.3. The number of anilines is 1. The van der Waals surface area contributed by atoms with E-state index in [0.29, 0.717) is 0 Å². The number of ether oxygens (including phenoxy) is 1. The van der Waals surface area contributed by atoms with Crippen molar-refractivity contribution >= 4 is 41.3 Å². The molecule has 3 rings (SSSR count). The number of aromatic nitrogens is 4. The first-order valence-electron chi connectivity index (χ1n) is 7.67. The zero-order valence-electron chi connectivity index (χ0n) is 14.4. The normalized spacial score (nSPS) is 25.8. The highest BCUT2D eigenvalue weighted by Gasteiger charge is 2.50. The third-order valence-corrected chi connectivity index (χ3v) is 7.50. The summed E-state index contributed by atoms with van der Waals surface area (Å²) in [5.41, 5.74) is 5.83. The molecule has 17 nitrogen and oxygen atoms in total. The lowest BCUT2D eigenvalue weighted by Crippen LogP contribution is -2.36. The number of phosphoric ester groups is 1. The summed E-state index contributed by atoms with van der Waals surface area (Å²) in [6.45, 7) is -6.85. The first kappa shape index (κ1) is 23.1. The van der Waals surface area contributed by atoms with Crippen LogP contribution >= 0.6 is 14.6 Å². The molecular weight excluding hydrogens is 476 g/mol. The van der Waals surface area contributed by atoms with Crippen LogP contribution in [-0.4, -0.2) is 77.5 Å². The quantitative estimate of drug-likeness (QED) is 0.220. The van der Waals surface area contributed by atoms with Gasteiger partial charge in [0, 0.05) is 0 Å². The van der Waals surface area contributed by atoms with Crippen LogP contribution in [-0.2, 0) is 32.3 Å². The fourth-order valence-electron chi connectivity index (χ4n) is 2.65. The molecule has 0 bridgehead atoms. The van der Waals surface area contributed by atoms with E-state index in [1.165, 1.54) is 0 Å². The molecule has 1 aliphatic rings. The lowest BCUT2D eigenvalue weighted by molar-refractivity contribution is -0.0464. The second-order valence-electron chi connectivity index (χ2n) is 5.90. The molecule has 20 heteroatoms. The van der Waals surface area contributed by atoms with E-state index >= 15 is 0 Å². The van der Waals surface area contributed by atoms with Crippen LogP contribution in [0.4, 0.5) is 5.82 Å². The highest BCUT2D eigenvalue weighted by Crippen LogP contribution is 2.46. The lowest BCUT2D eigenvalue weighted by Gasteiger charge is -2.20. The van der Waals surface area contributed by atoms with Gasteiger partial charge in [-0.15, -0.1) is 0 Å². The van der Waals surface area contributed by atoms with E-state index in [0.717, 1.165) is 17.2 Å². The smallest absolute Gasteiger partial charge is 0.386 e. The van der Waals surface area contributed by atoms with Crippen LogP contribution in [0.5, 0.6) is 0 Å². The van der Waals surface area contributed by atoms with E-state index < -0.39 is 55.5 Å². The first-order chi connectivity index (χ1) is 13.7. The van der Waals surface area contributed by atoms with Gasteiger partial charge in [-0.1, -0.05) is 0 Å². The predicted octanol–water partition coefficient (Wildman–Crippen LogP) is -2.42. The Morgan fingerprint density at radius 2 is 1.87 bits per heavy atom. The van der Waals surface area contributed by atoms with Gasteiger partial charge in [-0.3, -0.25) is 13.3 Å². The van der Waals surface area contributed by atoms with E-state index in [-0.39, 0.29) is 17.0 Å². The maximum absolute atomic E-state index is 11.5. The van der Waals surface area contributed by atoms with Crippen molar-refractivity contribution in [3.05, 3.63) is 12.7 Å². The minimum absolute atomic E-state index is 0.0122. The van der Waals surface area contributed by atoms with Gasteiger partial charge in [-0.25, -0.2) is 24.1 Å². The largest absolute Gasteiger partial charge is 0.470 e. The number of imidazole rings is 1. The van der Waals surface area contributed by atoms with Gasteiger partial charge in [0.25, 0.3) is 0 Å². The van der Waals surface area contributed by atoms with Gasteiger partial charge in [-0.05, 0) is 0 Å². The minimum Gasteiger partial charge on any atom is -0.386 e. The van der Waals surface area contributed by atoms with Gasteiger partial charge in [0.1, 0.15) is 30.2 Å². The van der Waals surface area contributed by atoms with Crippen LogP contribution in [0, 0.1) is 0 Å². The minimum atomic E-state index is -5.71. The Balaban J connectivity index is 1.93. The highest BCUT2D eigenvalue weighted by molar-refractivity contribution is 8.46. The average molecular weight is 491 g/mol. The molecule has 0 unspecified atom stereocenters. The van der Waals surface area contributed by atoms with Crippen molar-refractivity contribution in [2.45, 2.75) is 24.5 Å². The number of nitrogen functional groups attached to an aromatic ring is 1. The van der Waals surface area contributed by atoms with E-state index in [1.807, 2.05) is 0 Å². The Morgan fingerprint density at radius 3 is 2.47 bits per heavy atom. The summed E-state index contributed by atoms with van der Waals surface area (Å²) in [7, 11) is -10.6. The van der Waals surface area contributed by atoms with E-state index in [4.69, 9.17) is 30.0 Å². The molecule has 1 fully saturated rings. The van der Waals surface area contributed by atoms with Crippen molar-refractivity contribution in [1.29, 1.82) is 0 Å². The number of aliphatic hydroxyl groups is 1. The SMILES string of the molecule is Nc1ncnc2c1ncn2[C@@H]1O[C@H](COS(=O)(=O)P(=O)(O)O)[C@@H](OP(=O)(O)O)[C@H]1O. The number of phosphoric acid groups is 1. The molecule has 168 valence electrons. The fraction of sp³-hybridized carbons (Fsp3) is 0.500. The summed E-state index contributed by atoms with van der Waals surface area (Å²) < 4.78 is 60.3. The van der Waals surface area contributed by atoms with Crippen molar-refractivity contribution < 1.29 is 55.7 Å². The van der Waals surface area contributed by atoms with E-state index in [2.05, 4.69) is 23.7 Å². The molecule has 2 aromatic rings. The van der Waals surface area contributed by atoms with Crippen LogP contribution in [0.1, 0.15) is 6.23 Å². The van der Waals surface area contributed by atoms with Crippen LogP contribution in [0.2, 0.25) is 0 Å². The molecule has 0 saturated carbocycles. The monoisotopic (exact) mass is 491 g/mol. The molecule has 0 aliphatic carbocycles. The molecule has 1 aliphatic heterocycles. The van der Waals surface area contributed by atoms with Crippen molar-refractivity contribution in [3.63, 3.8) is 0 Å². The Hall–Kier alpha value is -1.56. The second kappa shape index (κ2) is 7.85. The standard InChI is InChI=1S/C10H15N5O12P2S/c11-8-5-9(13-2-12-8)15(3-14-5)10-6(16)7(27-28(17,18)19)4(26-10)1-25-30(23,24)29(20,21)22/h2-4,6-7,10,16H,1H2,(H2,11,12,13)(H2,17,18,19)(H2,20,21,22)/t4-,6-,7-,10-/m1/s1. The zero-order valence-corrected chi connectivity index (χ0v) is 17.0. The predicted molar refractivity (Wildman–Crippen MR) is 93.5 cm³/mol. The van der Waals surface area contributed by atoms with Gasteiger partial charge >= 0.3 is 24.4 Å². The number of nitrogens with zero attached hydrogens (tertiary/aromatic N) is 4. The van der Waals surface area contributed by atoms with E-state index in [9.17, 15) is 22.7 Å². The summed E-state index contributed by atoms with van der Waals surface area (Å²) in [6, 6.07) is 0. The number of rotatable bonds is 7. The van der Waals surface area contributed by atoms with Gasteiger partial charge < -0.3 is 35.2 Å². The molecule has 3 heterocycles. The fourth-order valence-corrected chi connectivity index (χ4v) is 4.27. The Morgan fingerprint density at radius 1 is 1.20 bits per heavy atom. The summed E-state index contributed by atoms with van der Waals surface area (Å²) in [5, 5.41) is 10.5. The summed E-state index contributed by atoms with van der Waals surface area (Å²) in [5.74, 6) is -0.0122. The lowest BCUT2D eigenvalue weighted by atomic mass is 10.1. The number of aliphatic hydroxyl groups excluding tert-OH is 1. The van der Waals surface area contributed by atoms with Crippen molar-refractivity contribution in [3.8, 4) is 0 Å². The molecule has 7 N–H and O–H groups in total. The third-order valence-electron chi connectivity index (χ3n) is 3.90. The molecule has 30 heavy (non-hydrogen) atoms. The van der Waals surface area contributed by atoms with Gasteiger partial charge in [-0.2, -0.15) is 8.42 Å². The molecule has 0 amide bonds. The number of hydrogen-bond donors (Lipinski definition) is 6. The summed E-state index contributed by atoms with van der Waals surface area (Å²) in [6.07, 6.45) is -4.64. The summed E-state index contributed by atoms with van der Waals surface area (Å²) >= 11 is 0. The molecule has 0 aromatic carbocycles. The van der Waals surface area contributed by atoms with Crippen LogP contribution in [0.15, 0.2) is 12.7 Å². The zero-order chi connectivity index (χ0) is 22.5. The van der Waals surface area contributed by atoms with Crippen molar-refractivity contribution in [2.75, 3.05) is 12.3 Å². The molecular formula is C10H15N5O12P2S. The van der Waals surface area contributed by atoms with Gasteiger partial charge in [0.2, 0.25) is 0 Å². The topological polar surface area (TPSA) is 267 Å². The molecule has 2 aromatic heterocycles. The Labute approximate surface area is 166 Å². The highest BCUT2D eigenvalue weighted by atomic mass is 32.8. The van der Waals surface area contributed by atoms with Crippen molar-refractivity contribution in [2.24, 2.45) is 0 Å². The van der Waals surface area contributed by atoms with E-state index in [1.54, 1.807) is 0 Å². The number of hydrogen-bond acceptors (Lipinski definition) is 12. The van der Waals surface area contributed by atoms with Crippen LogP contribution < -0.4 is 5.73 Å². The Kier molecular flexibility index (Phi) is 6.05. The number of nitrogens with two attached hydrogens (primary N) is 1. The second-order valence-corrected chi connectivity index (χ2v) is 11.9. The molecule has 1 saturated heterocycles. The van der Waals surface area contributed by atoms with Crippen LogP contribution in [0.25, 0.3) is 11.2 Å². The van der Waals surface area contributed by atoms with Crippen molar-refractivity contribution in [1.82, 2.24) is 19.5 Å². The molecule has 4 atom stereocenters. The van der Waals surface area contributed by atoms with Gasteiger partial charge in [0.05, 0.1) is 12.9 Å². The maximum atomic E-state index is 11.5. The maximum Gasteiger partial charge on any atom is 0.470 e. The molecule has 0 spiro atoms. The first-order valence-corrected chi connectivity index (χ1v) is 12.8. The third kappa shape index (κ3) is 4.53. The number of fused-ring (bicyclic) bond motifs is 1. The van der Waals surface area contributed by atoms with Gasteiger partial charge in [0.15, 0.2) is 17.7 Å².